The second-order valence-corrected chi connectivity index (χ2v) is 5.42. The van der Waals surface area contributed by atoms with Crippen LogP contribution in [0.1, 0.15) is 16.9 Å². The summed E-state index contributed by atoms with van der Waals surface area (Å²) in [5.41, 5.74) is 1.20. The van der Waals surface area contributed by atoms with Gasteiger partial charge in [-0.05, 0) is 37.2 Å². The van der Waals surface area contributed by atoms with Crippen LogP contribution in [0.15, 0.2) is 34.9 Å². The lowest BCUT2D eigenvalue weighted by Gasteiger charge is -2.17. The molecule has 0 saturated carbocycles. The second kappa shape index (κ2) is 6.28. The number of nitrogens with zero attached hydrogens (tertiary/aromatic N) is 2. The van der Waals surface area contributed by atoms with Gasteiger partial charge >= 0.3 is 0 Å². The number of rotatable bonds is 2. The third kappa shape index (κ3) is 3.25. The molecule has 1 N–H and O–H groups in total. The van der Waals surface area contributed by atoms with Crippen LogP contribution in [0.5, 0.6) is 0 Å². The second-order valence-electron chi connectivity index (χ2n) is 4.98. The molecule has 5 nitrogen and oxygen atoms in total. The lowest BCUT2D eigenvalue weighted by molar-refractivity contribution is 0.0756. The van der Waals surface area contributed by atoms with E-state index in [1.807, 2.05) is 17.0 Å². The topological polar surface area (TPSA) is 58.4 Å². The molecule has 1 aliphatic rings. The van der Waals surface area contributed by atoms with Crippen molar-refractivity contribution in [2.75, 3.05) is 26.2 Å². The Morgan fingerprint density at radius 1 is 1.24 bits per heavy atom. The smallest absolute Gasteiger partial charge is 0.276 e. The minimum absolute atomic E-state index is 0.0809. The minimum atomic E-state index is -0.0809. The lowest BCUT2D eigenvalue weighted by Crippen LogP contribution is -2.34. The van der Waals surface area contributed by atoms with Gasteiger partial charge in [-0.15, -0.1) is 0 Å². The molecule has 21 heavy (non-hydrogen) atoms. The van der Waals surface area contributed by atoms with Crippen molar-refractivity contribution >= 4 is 17.5 Å². The molecular weight excluding hydrogens is 290 g/mol. The third-order valence-corrected chi connectivity index (χ3v) is 3.74. The zero-order valence-electron chi connectivity index (χ0n) is 11.5. The zero-order valence-corrected chi connectivity index (χ0v) is 12.3. The highest BCUT2D eigenvalue weighted by molar-refractivity contribution is 6.30. The van der Waals surface area contributed by atoms with Crippen molar-refractivity contribution < 1.29 is 9.32 Å². The molecule has 0 bridgehead atoms. The summed E-state index contributed by atoms with van der Waals surface area (Å²) in [6.07, 6.45) is 0.952. The summed E-state index contributed by atoms with van der Waals surface area (Å²) in [5, 5.41) is 7.83. The van der Waals surface area contributed by atoms with Crippen molar-refractivity contribution in [1.29, 1.82) is 0 Å². The summed E-state index contributed by atoms with van der Waals surface area (Å²) in [6.45, 7) is 3.20. The number of benzene rings is 1. The first-order valence-electron chi connectivity index (χ1n) is 6.97. The molecule has 0 atom stereocenters. The number of hydrogen-bond acceptors (Lipinski definition) is 4. The Bertz CT molecular complexity index is 616. The van der Waals surface area contributed by atoms with Crippen molar-refractivity contribution in [2.45, 2.75) is 6.42 Å². The first-order chi connectivity index (χ1) is 10.2. The maximum atomic E-state index is 12.4. The van der Waals surface area contributed by atoms with E-state index in [1.165, 1.54) is 0 Å². The zero-order chi connectivity index (χ0) is 14.7. The number of nitrogens with one attached hydrogen (secondary N) is 1. The number of amides is 1. The molecule has 3 rings (SSSR count). The fourth-order valence-electron chi connectivity index (χ4n) is 2.34. The molecule has 1 saturated heterocycles. The average Bonchev–Trinajstić information content (AvgIpc) is 2.83. The number of aromatic nitrogens is 1. The first kappa shape index (κ1) is 14.1. The van der Waals surface area contributed by atoms with Gasteiger partial charge in [0.15, 0.2) is 11.5 Å². The van der Waals surface area contributed by atoms with Gasteiger partial charge in [0.1, 0.15) is 0 Å². The van der Waals surface area contributed by atoms with Crippen molar-refractivity contribution in [3.8, 4) is 11.3 Å². The van der Waals surface area contributed by atoms with Crippen LogP contribution in [0.25, 0.3) is 11.3 Å². The molecule has 2 aromatic rings. The van der Waals surface area contributed by atoms with Crippen LogP contribution < -0.4 is 5.32 Å². The maximum absolute atomic E-state index is 12.4. The molecule has 1 amide bonds. The molecule has 110 valence electrons. The molecule has 0 aliphatic carbocycles. The highest BCUT2D eigenvalue weighted by Gasteiger charge is 2.21. The Balaban J connectivity index is 1.77. The molecule has 1 aromatic carbocycles. The van der Waals surface area contributed by atoms with Gasteiger partial charge in [-0.25, -0.2) is 0 Å². The van der Waals surface area contributed by atoms with Gasteiger partial charge in [-0.1, -0.05) is 16.8 Å². The van der Waals surface area contributed by atoms with Crippen LogP contribution in [0.3, 0.4) is 0 Å². The van der Waals surface area contributed by atoms with E-state index in [0.29, 0.717) is 23.0 Å². The van der Waals surface area contributed by atoms with E-state index in [1.54, 1.807) is 18.2 Å². The van der Waals surface area contributed by atoms with E-state index in [-0.39, 0.29) is 5.91 Å². The van der Waals surface area contributed by atoms with E-state index >= 15 is 0 Å². The predicted octanol–water partition coefficient (Wildman–Crippen LogP) is 2.43. The van der Waals surface area contributed by atoms with Gasteiger partial charge < -0.3 is 14.7 Å². The summed E-state index contributed by atoms with van der Waals surface area (Å²) >= 11 is 5.86. The number of carbonyl (C=O) groups excluding carboxylic acids is 1. The number of carbonyl (C=O) groups is 1. The fourth-order valence-corrected chi connectivity index (χ4v) is 2.46. The van der Waals surface area contributed by atoms with Gasteiger partial charge in [-0.3, -0.25) is 4.79 Å². The predicted molar refractivity (Wildman–Crippen MR) is 80.3 cm³/mol. The summed E-state index contributed by atoms with van der Waals surface area (Å²) in [7, 11) is 0. The van der Waals surface area contributed by atoms with Gasteiger partial charge in [-0.2, -0.15) is 0 Å². The van der Waals surface area contributed by atoms with E-state index in [9.17, 15) is 4.79 Å². The highest BCUT2D eigenvalue weighted by atomic mass is 35.5. The SMILES string of the molecule is O=C(c1cc(-c2ccc(Cl)cc2)on1)N1CCCNCC1. The Hall–Kier alpha value is -1.85. The summed E-state index contributed by atoms with van der Waals surface area (Å²) in [4.78, 5) is 14.2. The van der Waals surface area contributed by atoms with E-state index < -0.39 is 0 Å². The monoisotopic (exact) mass is 305 g/mol. The average molecular weight is 306 g/mol. The van der Waals surface area contributed by atoms with Gasteiger partial charge in [0.25, 0.3) is 5.91 Å². The van der Waals surface area contributed by atoms with Crippen LogP contribution in [0.2, 0.25) is 5.02 Å². The van der Waals surface area contributed by atoms with Crippen molar-refractivity contribution in [2.24, 2.45) is 0 Å². The third-order valence-electron chi connectivity index (χ3n) is 3.49. The van der Waals surface area contributed by atoms with Crippen LogP contribution in [-0.2, 0) is 0 Å². The summed E-state index contributed by atoms with van der Waals surface area (Å²) in [5.74, 6) is 0.491. The van der Waals surface area contributed by atoms with Crippen LogP contribution >= 0.6 is 11.6 Å². The number of halogens is 1. The quantitative estimate of drug-likeness (QED) is 0.926. The summed E-state index contributed by atoms with van der Waals surface area (Å²) in [6, 6.07) is 8.92. The Labute approximate surface area is 127 Å². The molecule has 1 fully saturated rings. The first-order valence-corrected chi connectivity index (χ1v) is 7.34. The van der Waals surface area contributed by atoms with Crippen molar-refractivity contribution in [3.05, 3.63) is 41.0 Å². The van der Waals surface area contributed by atoms with Crippen LogP contribution in [-0.4, -0.2) is 42.1 Å². The Morgan fingerprint density at radius 2 is 2.05 bits per heavy atom. The Morgan fingerprint density at radius 3 is 2.86 bits per heavy atom. The molecule has 6 heteroatoms. The molecule has 0 spiro atoms. The largest absolute Gasteiger partial charge is 0.355 e. The molecule has 1 aromatic heterocycles. The fraction of sp³-hybridized carbons (Fsp3) is 0.333. The normalized spacial score (nSPS) is 15.8. The minimum Gasteiger partial charge on any atom is -0.355 e. The van der Waals surface area contributed by atoms with Gasteiger partial charge in [0, 0.05) is 36.3 Å². The summed E-state index contributed by atoms with van der Waals surface area (Å²) < 4.78 is 5.28. The van der Waals surface area contributed by atoms with E-state index in [4.69, 9.17) is 16.1 Å². The lowest BCUT2D eigenvalue weighted by atomic mass is 10.1. The van der Waals surface area contributed by atoms with Crippen LogP contribution in [0, 0.1) is 0 Å². The van der Waals surface area contributed by atoms with Gasteiger partial charge in [0.05, 0.1) is 0 Å². The molecular formula is C15H16ClN3O2. The number of hydrogen-bond donors (Lipinski definition) is 1. The standard InChI is InChI=1S/C15H16ClN3O2/c16-12-4-2-11(3-5-12)14-10-13(18-21-14)15(20)19-8-1-6-17-7-9-19/h2-5,10,17H,1,6-9H2. The van der Waals surface area contributed by atoms with Crippen LogP contribution in [0.4, 0.5) is 0 Å². The molecule has 1 aliphatic heterocycles. The Kier molecular flexibility index (Phi) is 4.22. The highest BCUT2D eigenvalue weighted by Crippen LogP contribution is 2.22. The van der Waals surface area contributed by atoms with E-state index in [2.05, 4.69) is 10.5 Å². The molecule has 0 unspecified atom stereocenters. The maximum Gasteiger partial charge on any atom is 0.276 e. The molecule has 2 heterocycles. The van der Waals surface area contributed by atoms with Crippen molar-refractivity contribution in [1.82, 2.24) is 15.4 Å². The van der Waals surface area contributed by atoms with E-state index in [0.717, 1.165) is 31.6 Å². The van der Waals surface area contributed by atoms with Gasteiger partial charge in [0.2, 0.25) is 0 Å². The van der Waals surface area contributed by atoms with Crippen molar-refractivity contribution in [3.63, 3.8) is 0 Å². The molecule has 0 radical (unpaired) electrons.